The number of carbonyl (C=O) groups is 1. The number of hydrogen-bond donors (Lipinski definition) is 1. The number of ether oxygens (including phenoxy) is 1. The van der Waals surface area contributed by atoms with Gasteiger partial charge < -0.3 is 15.4 Å². The van der Waals surface area contributed by atoms with Crippen LogP contribution in [0.1, 0.15) is 40.0 Å². The van der Waals surface area contributed by atoms with Crippen LogP contribution in [0, 0.1) is 23.7 Å². The van der Waals surface area contributed by atoms with Crippen molar-refractivity contribution in [1.82, 2.24) is 4.90 Å². The van der Waals surface area contributed by atoms with Gasteiger partial charge in [-0.2, -0.15) is 0 Å². The molecule has 1 aliphatic carbocycles. The smallest absolute Gasteiger partial charge is 0.228 e. The first-order valence-electron chi connectivity index (χ1n) is 8.17. The predicted octanol–water partition coefficient (Wildman–Crippen LogP) is 1.63. The summed E-state index contributed by atoms with van der Waals surface area (Å²) in [4.78, 5) is 15.0. The summed E-state index contributed by atoms with van der Waals surface area (Å²) in [6.45, 7) is 8.14. The molecule has 1 amide bonds. The number of nitrogens with zero attached hydrogens (tertiary/aromatic N) is 1. The van der Waals surface area contributed by atoms with E-state index >= 15 is 0 Å². The fraction of sp³-hybridized carbons (Fsp3) is 0.938. The average Bonchev–Trinajstić information content (AvgIpc) is 2.91. The third-order valence-corrected chi connectivity index (χ3v) is 5.93. The molecule has 0 radical (unpaired) electrons. The minimum atomic E-state index is 0.0406. The summed E-state index contributed by atoms with van der Waals surface area (Å²) in [5, 5.41) is 0. The van der Waals surface area contributed by atoms with Crippen molar-refractivity contribution in [2.24, 2.45) is 29.4 Å². The van der Waals surface area contributed by atoms with Gasteiger partial charge in [0, 0.05) is 19.1 Å². The summed E-state index contributed by atoms with van der Waals surface area (Å²) < 4.78 is 5.83. The van der Waals surface area contributed by atoms with Crippen LogP contribution < -0.4 is 5.73 Å². The van der Waals surface area contributed by atoms with E-state index in [9.17, 15) is 4.79 Å². The Morgan fingerprint density at radius 1 is 1.10 bits per heavy atom. The Morgan fingerprint density at radius 3 is 2.45 bits per heavy atom. The molecule has 2 saturated heterocycles. The summed E-state index contributed by atoms with van der Waals surface area (Å²) in [5.74, 6) is 2.00. The normalized spacial score (nSPS) is 48.4. The highest BCUT2D eigenvalue weighted by molar-refractivity contribution is 5.80. The van der Waals surface area contributed by atoms with Crippen LogP contribution in [0.3, 0.4) is 0 Å². The van der Waals surface area contributed by atoms with Crippen molar-refractivity contribution in [1.29, 1.82) is 0 Å². The van der Waals surface area contributed by atoms with Crippen molar-refractivity contribution in [2.75, 3.05) is 13.1 Å². The van der Waals surface area contributed by atoms with E-state index in [1.54, 1.807) is 0 Å². The second kappa shape index (κ2) is 5.30. The van der Waals surface area contributed by atoms with E-state index in [-0.39, 0.29) is 18.1 Å². The van der Waals surface area contributed by atoms with Gasteiger partial charge >= 0.3 is 0 Å². The number of amides is 1. The molecule has 3 aliphatic rings. The van der Waals surface area contributed by atoms with Crippen LogP contribution in [0.5, 0.6) is 0 Å². The predicted molar refractivity (Wildman–Crippen MR) is 78.0 cm³/mol. The number of fused-ring (bicyclic) bond motifs is 1. The topological polar surface area (TPSA) is 55.6 Å². The van der Waals surface area contributed by atoms with E-state index in [1.807, 2.05) is 6.92 Å². The fourth-order valence-electron chi connectivity index (χ4n) is 4.55. The highest BCUT2D eigenvalue weighted by Gasteiger charge is 2.46. The maximum atomic E-state index is 12.9. The first-order chi connectivity index (χ1) is 9.47. The van der Waals surface area contributed by atoms with Crippen LogP contribution in [-0.2, 0) is 9.53 Å². The van der Waals surface area contributed by atoms with E-state index in [1.165, 1.54) is 6.42 Å². The van der Waals surface area contributed by atoms with Gasteiger partial charge in [0.15, 0.2) is 0 Å². The second-order valence-electron chi connectivity index (χ2n) is 7.27. The lowest BCUT2D eigenvalue weighted by Crippen LogP contribution is -2.40. The number of hydrogen-bond acceptors (Lipinski definition) is 3. The lowest BCUT2D eigenvalue weighted by molar-refractivity contribution is -0.137. The van der Waals surface area contributed by atoms with Gasteiger partial charge in [0.25, 0.3) is 0 Å². The molecule has 4 heteroatoms. The number of rotatable bonds is 1. The Labute approximate surface area is 122 Å². The van der Waals surface area contributed by atoms with Gasteiger partial charge in [0.05, 0.1) is 18.1 Å². The highest BCUT2D eigenvalue weighted by atomic mass is 16.5. The van der Waals surface area contributed by atoms with Crippen LogP contribution in [0.15, 0.2) is 0 Å². The van der Waals surface area contributed by atoms with Gasteiger partial charge in [-0.25, -0.2) is 0 Å². The molecule has 2 aliphatic heterocycles. The molecule has 4 nitrogen and oxygen atoms in total. The fourth-order valence-corrected chi connectivity index (χ4v) is 4.55. The van der Waals surface area contributed by atoms with Crippen molar-refractivity contribution < 1.29 is 9.53 Å². The van der Waals surface area contributed by atoms with Gasteiger partial charge in [-0.3, -0.25) is 4.79 Å². The lowest BCUT2D eigenvalue weighted by Gasteiger charge is -2.27. The zero-order valence-corrected chi connectivity index (χ0v) is 12.9. The van der Waals surface area contributed by atoms with E-state index < -0.39 is 0 Å². The molecule has 2 heterocycles. The van der Waals surface area contributed by atoms with Crippen molar-refractivity contribution >= 4 is 5.91 Å². The van der Waals surface area contributed by atoms with E-state index in [4.69, 9.17) is 10.5 Å². The van der Waals surface area contributed by atoms with E-state index in [0.717, 1.165) is 25.9 Å². The Balaban J connectivity index is 1.67. The molecule has 5 unspecified atom stereocenters. The second-order valence-corrected chi connectivity index (χ2v) is 7.27. The van der Waals surface area contributed by atoms with E-state index in [2.05, 4.69) is 18.7 Å². The molecular weight excluding hydrogens is 252 g/mol. The standard InChI is InChI=1S/C16H28N2O2/c1-9-10(2)20-11(3)15(9)16(19)18-7-12-4-5-14(17)6-13(12)8-18/h9-15H,4-8,17H2,1-3H3/t9?,10?,11?,12-,13+,14?,15?/m1/s1. The van der Waals surface area contributed by atoms with Crippen LogP contribution >= 0.6 is 0 Å². The molecule has 20 heavy (non-hydrogen) atoms. The largest absolute Gasteiger partial charge is 0.374 e. The molecule has 2 N–H and O–H groups in total. The molecule has 0 bridgehead atoms. The number of carbonyl (C=O) groups excluding carboxylic acids is 1. The first-order valence-corrected chi connectivity index (χ1v) is 8.17. The molecular formula is C16H28N2O2. The molecule has 0 aromatic heterocycles. The maximum Gasteiger partial charge on any atom is 0.228 e. The Kier molecular flexibility index (Phi) is 3.80. The van der Waals surface area contributed by atoms with Gasteiger partial charge in [0.1, 0.15) is 0 Å². The van der Waals surface area contributed by atoms with Gasteiger partial charge in [-0.05, 0) is 50.9 Å². The summed E-state index contributed by atoms with van der Waals surface area (Å²) >= 11 is 0. The molecule has 114 valence electrons. The van der Waals surface area contributed by atoms with E-state index in [0.29, 0.717) is 29.7 Å². The van der Waals surface area contributed by atoms with Crippen molar-refractivity contribution in [3.63, 3.8) is 0 Å². The van der Waals surface area contributed by atoms with Gasteiger partial charge in [-0.15, -0.1) is 0 Å². The molecule has 3 rings (SSSR count). The summed E-state index contributed by atoms with van der Waals surface area (Å²) in [7, 11) is 0. The summed E-state index contributed by atoms with van der Waals surface area (Å²) in [5.41, 5.74) is 6.07. The quantitative estimate of drug-likeness (QED) is 0.794. The Bertz CT molecular complexity index is 387. The zero-order chi connectivity index (χ0) is 14.4. The van der Waals surface area contributed by atoms with Crippen molar-refractivity contribution in [2.45, 2.75) is 58.3 Å². The molecule has 0 aromatic carbocycles. The average molecular weight is 280 g/mol. The Hall–Kier alpha value is -0.610. The molecule has 7 atom stereocenters. The maximum absolute atomic E-state index is 12.9. The molecule has 0 aromatic rings. The number of likely N-dealkylation sites (tertiary alicyclic amines) is 1. The van der Waals surface area contributed by atoms with Gasteiger partial charge in [0.2, 0.25) is 5.91 Å². The first kappa shape index (κ1) is 14.3. The number of nitrogens with two attached hydrogens (primary N) is 1. The van der Waals surface area contributed by atoms with Crippen LogP contribution in [0.2, 0.25) is 0 Å². The molecule has 1 saturated carbocycles. The van der Waals surface area contributed by atoms with Gasteiger partial charge in [-0.1, -0.05) is 6.92 Å². The third-order valence-electron chi connectivity index (χ3n) is 5.93. The van der Waals surface area contributed by atoms with Crippen molar-refractivity contribution in [3.05, 3.63) is 0 Å². The monoisotopic (exact) mass is 280 g/mol. The third kappa shape index (κ3) is 2.37. The molecule has 0 spiro atoms. The Morgan fingerprint density at radius 2 is 1.80 bits per heavy atom. The molecule has 3 fully saturated rings. The SMILES string of the molecule is CC1OC(C)C(C(=O)N2C[C@H]3CCC(N)C[C@H]3C2)C1C. The minimum Gasteiger partial charge on any atom is -0.374 e. The summed E-state index contributed by atoms with van der Waals surface area (Å²) in [6.07, 6.45) is 3.66. The van der Waals surface area contributed by atoms with Crippen LogP contribution in [-0.4, -0.2) is 42.1 Å². The minimum absolute atomic E-state index is 0.0406. The summed E-state index contributed by atoms with van der Waals surface area (Å²) in [6, 6.07) is 0.346. The highest BCUT2D eigenvalue weighted by Crippen LogP contribution is 2.39. The van der Waals surface area contributed by atoms with Crippen LogP contribution in [0.25, 0.3) is 0 Å². The van der Waals surface area contributed by atoms with Crippen LogP contribution in [0.4, 0.5) is 0 Å². The lowest BCUT2D eigenvalue weighted by atomic mass is 9.79. The zero-order valence-electron chi connectivity index (χ0n) is 12.9. The van der Waals surface area contributed by atoms with Crippen molar-refractivity contribution in [3.8, 4) is 0 Å².